The molecule has 0 bridgehead atoms. The van der Waals surface area contributed by atoms with Gasteiger partial charge in [-0.1, -0.05) is 6.07 Å². The highest BCUT2D eigenvalue weighted by molar-refractivity contribution is 5.68. The average Bonchev–Trinajstić information content (AvgIpc) is 3.31. The first-order valence-corrected chi connectivity index (χ1v) is 8.74. The van der Waals surface area contributed by atoms with Crippen LogP contribution in [0, 0.1) is 6.92 Å². The number of rotatable bonds is 5. The van der Waals surface area contributed by atoms with Crippen molar-refractivity contribution < 1.29 is 18.3 Å². The van der Waals surface area contributed by atoms with E-state index in [2.05, 4.69) is 15.2 Å². The van der Waals surface area contributed by atoms with Crippen LogP contribution in [0.1, 0.15) is 11.4 Å². The average molecular weight is 401 g/mol. The molecule has 1 aliphatic heterocycles. The van der Waals surface area contributed by atoms with Crippen LogP contribution in [0.5, 0.6) is 11.5 Å². The molecule has 0 aliphatic carbocycles. The number of nitrogens with zero attached hydrogens (tertiary/aromatic N) is 3. The summed E-state index contributed by atoms with van der Waals surface area (Å²) in [6, 6.07) is 7.38. The second-order valence-corrected chi connectivity index (χ2v) is 6.46. The molecule has 0 atom stereocenters. The molecule has 10 heteroatoms. The number of pyridine rings is 1. The summed E-state index contributed by atoms with van der Waals surface area (Å²) < 4.78 is 37.8. The van der Waals surface area contributed by atoms with Crippen molar-refractivity contribution in [2.75, 3.05) is 13.3 Å². The third-order valence-electron chi connectivity index (χ3n) is 4.60. The van der Waals surface area contributed by atoms with Crippen molar-refractivity contribution >= 4 is 0 Å². The molecule has 29 heavy (non-hydrogen) atoms. The van der Waals surface area contributed by atoms with Gasteiger partial charge in [0.2, 0.25) is 6.79 Å². The second kappa shape index (κ2) is 7.47. The molecule has 1 aliphatic rings. The SMILES string of the molecule is Cc1cc(-c2ccc3c(c2)OCO3)cnc1-n1c(CC(CN)=C(F)F)n[nH]c1=O. The monoisotopic (exact) mass is 401 g/mol. The summed E-state index contributed by atoms with van der Waals surface area (Å²) in [5, 5.41) is 6.14. The van der Waals surface area contributed by atoms with Gasteiger partial charge in [-0.15, -0.1) is 0 Å². The van der Waals surface area contributed by atoms with E-state index in [-0.39, 0.29) is 31.2 Å². The van der Waals surface area contributed by atoms with E-state index in [1.165, 1.54) is 4.57 Å². The Hall–Kier alpha value is -3.53. The summed E-state index contributed by atoms with van der Waals surface area (Å²) >= 11 is 0. The molecule has 0 saturated heterocycles. The smallest absolute Gasteiger partial charge is 0.349 e. The lowest BCUT2D eigenvalue weighted by molar-refractivity contribution is 0.174. The maximum Gasteiger partial charge on any atom is 0.349 e. The van der Waals surface area contributed by atoms with Crippen molar-refractivity contribution in [1.29, 1.82) is 0 Å². The molecule has 4 rings (SSSR count). The first-order valence-electron chi connectivity index (χ1n) is 8.74. The zero-order valence-electron chi connectivity index (χ0n) is 15.4. The number of hydrogen-bond donors (Lipinski definition) is 2. The van der Waals surface area contributed by atoms with E-state index in [0.717, 1.165) is 11.1 Å². The number of ether oxygens (including phenoxy) is 2. The summed E-state index contributed by atoms with van der Waals surface area (Å²) in [6.45, 7) is 1.62. The van der Waals surface area contributed by atoms with Gasteiger partial charge in [-0.25, -0.2) is 19.4 Å². The van der Waals surface area contributed by atoms with Gasteiger partial charge in [0.1, 0.15) is 11.6 Å². The Labute approximate surface area is 163 Å². The van der Waals surface area contributed by atoms with Gasteiger partial charge in [0.15, 0.2) is 11.5 Å². The summed E-state index contributed by atoms with van der Waals surface area (Å²) in [7, 11) is 0. The fraction of sp³-hybridized carbons (Fsp3) is 0.211. The molecule has 3 aromatic rings. The molecule has 0 spiro atoms. The number of halogens is 2. The fourth-order valence-corrected chi connectivity index (χ4v) is 3.11. The number of fused-ring (bicyclic) bond motifs is 1. The maximum absolute atomic E-state index is 13.0. The lowest BCUT2D eigenvalue weighted by Crippen LogP contribution is -2.20. The number of benzene rings is 1. The Morgan fingerprint density at radius 2 is 2.03 bits per heavy atom. The first-order chi connectivity index (χ1) is 14.0. The Morgan fingerprint density at radius 3 is 2.76 bits per heavy atom. The molecule has 0 amide bonds. The number of aryl methyl sites for hydroxylation is 1. The van der Waals surface area contributed by atoms with E-state index in [4.69, 9.17) is 15.2 Å². The lowest BCUT2D eigenvalue weighted by Gasteiger charge is -2.11. The minimum Gasteiger partial charge on any atom is -0.454 e. The van der Waals surface area contributed by atoms with Crippen molar-refractivity contribution in [3.8, 4) is 28.4 Å². The molecule has 3 heterocycles. The number of aromatic nitrogens is 4. The zero-order valence-corrected chi connectivity index (χ0v) is 15.4. The number of nitrogens with two attached hydrogens (primary N) is 1. The van der Waals surface area contributed by atoms with Crippen molar-refractivity contribution in [3.05, 3.63) is 64.0 Å². The predicted octanol–water partition coefficient (Wildman–Crippen LogP) is 2.31. The molecule has 8 nitrogen and oxygen atoms in total. The lowest BCUT2D eigenvalue weighted by atomic mass is 10.1. The van der Waals surface area contributed by atoms with Crippen molar-refractivity contribution in [1.82, 2.24) is 19.7 Å². The largest absolute Gasteiger partial charge is 0.454 e. The van der Waals surface area contributed by atoms with Crippen molar-refractivity contribution in [2.45, 2.75) is 13.3 Å². The van der Waals surface area contributed by atoms with Crippen LogP contribution in [0.4, 0.5) is 8.78 Å². The van der Waals surface area contributed by atoms with Gasteiger partial charge < -0.3 is 15.2 Å². The standard InChI is InChI=1S/C19H17F2N5O3/c1-10-4-13(11-2-3-14-15(5-11)29-9-28-14)8-23-18(10)26-16(24-25-19(26)27)6-12(7-22)17(20)21/h2-5,8H,6-7,9,22H2,1H3,(H,25,27). The minimum absolute atomic E-state index is 0.106. The number of hydrogen-bond acceptors (Lipinski definition) is 6. The number of H-pyrrole nitrogens is 1. The van der Waals surface area contributed by atoms with Gasteiger partial charge in [0.05, 0.1) is 0 Å². The van der Waals surface area contributed by atoms with Crippen molar-refractivity contribution in [2.24, 2.45) is 5.73 Å². The first kappa shape index (κ1) is 18.8. The van der Waals surface area contributed by atoms with Gasteiger partial charge in [0, 0.05) is 30.3 Å². The molecule has 2 aromatic heterocycles. The molecule has 150 valence electrons. The van der Waals surface area contributed by atoms with E-state index < -0.39 is 11.8 Å². The normalized spacial score (nSPS) is 12.3. The van der Waals surface area contributed by atoms with E-state index in [1.807, 2.05) is 24.3 Å². The van der Waals surface area contributed by atoms with Gasteiger partial charge in [-0.2, -0.15) is 13.9 Å². The molecule has 0 saturated carbocycles. The zero-order chi connectivity index (χ0) is 20.5. The third-order valence-corrected chi connectivity index (χ3v) is 4.60. The Balaban J connectivity index is 1.72. The Morgan fingerprint density at radius 1 is 1.24 bits per heavy atom. The summed E-state index contributed by atoms with van der Waals surface area (Å²) in [6.07, 6.45) is -0.543. The molecule has 0 fully saturated rings. The van der Waals surface area contributed by atoms with Crippen LogP contribution in [0.25, 0.3) is 16.9 Å². The van der Waals surface area contributed by atoms with Crippen LogP contribution in [0.2, 0.25) is 0 Å². The number of aromatic amines is 1. The van der Waals surface area contributed by atoms with Crippen molar-refractivity contribution in [3.63, 3.8) is 0 Å². The number of nitrogens with one attached hydrogen (secondary N) is 1. The van der Waals surface area contributed by atoms with Crippen LogP contribution in [-0.4, -0.2) is 33.1 Å². The molecular formula is C19H17F2N5O3. The predicted molar refractivity (Wildman–Crippen MR) is 100 cm³/mol. The molecular weight excluding hydrogens is 384 g/mol. The van der Waals surface area contributed by atoms with Crippen LogP contribution < -0.4 is 20.9 Å². The summed E-state index contributed by atoms with van der Waals surface area (Å²) in [5.41, 5.74) is 6.85. The van der Waals surface area contributed by atoms with Gasteiger partial charge in [-0.3, -0.25) is 0 Å². The molecule has 0 unspecified atom stereocenters. The van der Waals surface area contributed by atoms with Crippen LogP contribution in [0.3, 0.4) is 0 Å². The molecule has 0 radical (unpaired) electrons. The molecule has 1 aromatic carbocycles. The fourth-order valence-electron chi connectivity index (χ4n) is 3.11. The van der Waals surface area contributed by atoms with Gasteiger partial charge >= 0.3 is 5.69 Å². The van der Waals surface area contributed by atoms with Gasteiger partial charge in [-0.05, 0) is 36.2 Å². The van der Waals surface area contributed by atoms with Crippen LogP contribution >= 0.6 is 0 Å². The van der Waals surface area contributed by atoms with Crippen LogP contribution in [-0.2, 0) is 6.42 Å². The van der Waals surface area contributed by atoms with E-state index >= 15 is 0 Å². The van der Waals surface area contributed by atoms with E-state index in [1.54, 1.807) is 13.1 Å². The third kappa shape index (κ3) is 3.49. The quantitative estimate of drug-likeness (QED) is 0.679. The minimum atomic E-state index is -1.88. The highest BCUT2D eigenvalue weighted by atomic mass is 19.3. The van der Waals surface area contributed by atoms with E-state index in [9.17, 15) is 13.6 Å². The van der Waals surface area contributed by atoms with E-state index in [0.29, 0.717) is 22.9 Å². The molecule has 3 N–H and O–H groups in total. The second-order valence-electron chi connectivity index (χ2n) is 6.46. The highest BCUT2D eigenvalue weighted by Gasteiger charge is 2.18. The Kier molecular flexibility index (Phi) is 4.85. The summed E-state index contributed by atoms with van der Waals surface area (Å²) in [5.74, 6) is 1.73. The topological polar surface area (TPSA) is 108 Å². The highest BCUT2D eigenvalue weighted by Crippen LogP contribution is 2.36. The van der Waals surface area contributed by atoms with Crippen LogP contribution in [0.15, 0.2) is 46.9 Å². The summed E-state index contributed by atoms with van der Waals surface area (Å²) in [4.78, 5) is 16.6. The maximum atomic E-state index is 13.0. The van der Waals surface area contributed by atoms with Gasteiger partial charge in [0.25, 0.3) is 6.08 Å². The Bertz CT molecular complexity index is 1160.